The average Bonchev–Trinajstić information content (AvgIpc) is 3.06. The van der Waals surface area contributed by atoms with E-state index in [0.29, 0.717) is 37.3 Å². The molecule has 0 bridgehead atoms. The van der Waals surface area contributed by atoms with Crippen molar-refractivity contribution in [3.05, 3.63) is 65.7 Å². The number of oxime groups is 1. The molecular formula is C24H26N2O4. The van der Waals surface area contributed by atoms with E-state index in [-0.39, 0.29) is 11.7 Å². The number of amides is 1. The van der Waals surface area contributed by atoms with Crippen molar-refractivity contribution in [2.24, 2.45) is 11.1 Å². The Morgan fingerprint density at radius 3 is 2.53 bits per heavy atom. The minimum atomic E-state index is -0.440. The molecule has 0 heterocycles. The Hall–Kier alpha value is -3.41. The van der Waals surface area contributed by atoms with Gasteiger partial charge in [-0.1, -0.05) is 55.4 Å². The molecule has 3 rings (SSSR count). The summed E-state index contributed by atoms with van der Waals surface area (Å²) in [4.78, 5) is 22.8. The Labute approximate surface area is 176 Å². The second-order valence-corrected chi connectivity index (χ2v) is 7.50. The highest BCUT2D eigenvalue weighted by molar-refractivity contribution is 6.24. The zero-order valence-electron chi connectivity index (χ0n) is 17.2. The fourth-order valence-electron chi connectivity index (χ4n) is 3.66. The van der Waals surface area contributed by atoms with Crippen molar-refractivity contribution in [3.8, 4) is 16.9 Å². The molecule has 6 nitrogen and oxygen atoms in total. The molecule has 0 aromatic heterocycles. The number of nitrogens with one attached hydrogen (secondary N) is 1. The van der Waals surface area contributed by atoms with Crippen LogP contribution in [0.5, 0.6) is 5.75 Å². The van der Waals surface area contributed by atoms with E-state index in [2.05, 4.69) is 10.5 Å². The van der Waals surface area contributed by atoms with E-state index in [1.54, 1.807) is 0 Å². The summed E-state index contributed by atoms with van der Waals surface area (Å²) < 4.78 is 5.79. The molecule has 0 saturated heterocycles. The summed E-state index contributed by atoms with van der Waals surface area (Å²) in [5.41, 5.74) is 4.35. The van der Waals surface area contributed by atoms with Crippen LogP contribution in [0.15, 0.2) is 59.8 Å². The Bertz CT molecular complexity index is 979. The van der Waals surface area contributed by atoms with Gasteiger partial charge in [0.2, 0.25) is 6.41 Å². The Kier molecular flexibility index (Phi) is 7.01. The molecule has 6 heteroatoms. The highest BCUT2D eigenvalue weighted by Crippen LogP contribution is 2.38. The zero-order valence-corrected chi connectivity index (χ0v) is 17.2. The molecule has 1 amide bonds. The minimum absolute atomic E-state index is 0.0247. The molecular weight excluding hydrogens is 380 g/mol. The quantitative estimate of drug-likeness (QED) is 0.231. The van der Waals surface area contributed by atoms with E-state index in [1.807, 2.05) is 68.5 Å². The van der Waals surface area contributed by atoms with Gasteiger partial charge in [0, 0.05) is 17.5 Å². The van der Waals surface area contributed by atoms with Crippen LogP contribution in [0.25, 0.3) is 11.1 Å². The van der Waals surface area contributed by atoms with Crippen LogP contribution >= 0.6 is 0 Å². The third kappa shape index (κ3) is 4.59. The van der Waals surface area contributed by atoms with Crippen molar-refractivity contribution >= 4 is 17.9 Å². The van der Waals surface area contributed by atoms with Gasteiger partial charge in [-0.05, 0) is 41.7 Å². The second-order valence-electron chi connectivity index (χ2n) is 7.50. The molecule has 0 spiro atoms. The fraction of sp³-hybridized carbons (Fsp3) is 0.292. The molecule has 2 aromatic rings. The van der Waals surface area contributed by atoms with Crippen LogP contribution < -0.4 is 10.1 Å². The predicted molar refractivity (Wildman–Crippen MR) is 116 cm³/mol. The van der Waals surface area contributed by atoms with Crippen LogP contribution in [0.4, 0.5) is 0 Å². The van der Waals surface area contributed by atoms with Gasteiger partial charge in [-0.25, -0.2) is 0 Å². The lowest BCUT2D eigenvalue weighted by atomic mass is 9.97. The van der Waals surface area contributed by atoms with Crippen LogP contribution in [-0.4, -0.2) is 35.8 Å². The van der Waals surface area contributed by atoms with Crippen LogP contribution in [0.1, 0.15) is 37.8 Å². The monoisotopic (exact) mass is 406 g/mol. The molecule has 0 radical (unpaired) electrons. The standard InChI is InChI=1S/C24H26N2O4/c1-16(2)23(25-15-27)22(28)10-4-3-7-13-30-17-11-12-19-18-8-5-6-9-20(18)24(26-29)21(19)14-17/h3,5-9,11-12,14-16,23,29H,4,10,13H2,1-2H3,(H,25,27)/b7-3+,26-24-/t23-/m1/s1. The van der Waals surface area contributed by atoms with Gasteiger partial charge in [0.05, 0.1) is 6.04 Å². The molecule has 156 valence electrons. The molecule has 0 saturated carbocycles. The maximum absolute atomic E-state index is 12.2. The molecule has 1 aliphatic carbocycles. The van der Waals surface area contributed by atoms with Gasteiger partial charge in [-0.2, -0.15) is 0 Å². The van der Waals surface area contributed by atoms with E-state index in [0.717, 1.165) is 22.3 Å². The summed E-state index contributed by atoms with van der Waals surface area (Å²) in [7, 11) is 0. The lowest BCUT2D eigenvalue weighted by Gasteiger charge is -2.18. The molecule has 1 atom stereocenters. The number of ketones is 1. The number of fused-ring (bicyclic) bond motifs is 3. The van der Waals surface area contributed by atoms with Gasteiger partial charge >= 0.3 is 0 Å². The number of allylic oxidation sites excluding steroid dienone is 1. The number of benzene rings is 2. The molecule has 0 aliphatic heterocycles. The molecule has 2 aromatic carbocycles. The van der Waals surface area contributed by atoms with Gasteiger partial charge in [-0.15, -0.1) is 0 Å². The van der Waals surface area contributed by atoms with Crippen molar-refractivity contribution < 1.29 is 19.5 Å². The van der Waals surface area contributed by atoms with Gasteiger partial charge in [-0.3, -0.25) is 9.59 Å². The van der Waals surface area contributed by atoms with Gasteiger partial charge < -0.3 is 15.3 Å². The van der Waals surface area contributed by atoms with Crippen LogP contribution in [-0.2, 0) is 9.59 Å². The highest BCUT2D eigenvalue weighted by Gasteiger charge is 2.25. The molecule has 0 fully saturated rings. The first-order valence-electron chi connectivity index (χ1n) is 10.0. The van der Waals surface area contributed by atoms with E-state index < -0.39 is 6.04 Å². The maximum atomic E-state index is 12.2. The van der Waals surface area contributed by atoms with Crippen LogP contribution in [0, 0.1) is 5.92 Å². The number of ether oxygens (including phenoxy) is 1. The first kappa shape index (κ1) is 21.3. The Balaban J connectivity index is 1.54. The van der Waals surface area contributed by atoms with Crippen LogP contribution in [0.2, 0.25) is 0 Å². The summed E-state index contributed by atoms with van der Waals surface area (Å²) in [5, 5.41) is 15.5. The number of carbonyl (C=O) groups excluding carboxylic acids is 2. The van der Waals surface area contributed by atoms with Crippen LogP contribution in [0.3, 0.4) is 0 Å². The number of rotatable bonds is 10. The molecule has 2 N–H and O–H groups in total. The number of hydrogen-bond acceptors (Lipinski definition) is 5. The van der Waals surface area contributed by atoms with E-state index in [1.165, 1.54) is 0 Å². The summed E-state index contributed by atoms with van der Waals surface area (Å²) >= 11 is 0. The maximum Gasteiger partial charge on any atom is 0.207 e. The number of hydrogen-bond donors (Lipinski definition) is 2. The van der Waals surface area contributed by atoms with E-state index >= 15 is 0 Å². The first-order valence-corrected chi connectivity index (χ1v) is 10.0. The Morgan fingerprint density at radius 1 is 1.10 bits per heavy atom. The number of carbonyl (C=O) groups is 2. The van der Waals surface area contributed by atoms with Crippen molar-refractivity contribution in [1.82, 2.24) is 5.32 Å². The SMILES string of the molecule is CC(C)[C@@H](NC=O)C(=O)CC/C=C/COc1ccc2c(c1)/C(=N\O)c1ccccc1-2. The Morgan fingerprint density at radius 2 is 1.83 bits per heavy atom. The predicted octanol–water partition coefficient (Wildman–Crippen LogP) is 3.95. The molecule has 1 aliphatic rings. The lowest BCUT2D eigenvalue weighted by molar-refractivity contribution is -0.124. The zero-order chi connectivity index (χ0) is 21.5. The third-order valence-electron chi connectivity index (χ3n) is 5.15. The van der Waals surface area contributed by atoms with Gasteiger partial charge in [0.1, 0.15) is 18.1 Å². The van der Waals surface area contributed by atoms with Gasteiger partial charge in [0.25, 0.3) is 0 Å². The topological polar surface area (TPSA) is 88.0 Å². The molecule has 0 unspecified atom stereocenters. The largest absolute Gasteiger partial charge is 0.490 e. The minimum Gasteiger partial charge on any atom is -0.490 e. The highest BCUT2D eigenvalue weighted by atomic mass is 16.5. The lowest BCUT2D eigenvalue weighted by Crippen LogP contribution is -2.40. The van der Waals surface area contributed by atoms with Crippen molar-refractivity contribution in [2.45, 2.75) is 32.7 Å². The van der Waals surface area contributed by atoms with Crippen molar-refractivity contribution in [3.63, 3.8) is 0 Å². The average molecular weight is 406 g/mol. The fourth-order valence-corrected chi connectivity index (χ4v) is 3.66. The molecule has 30 heavy (non-hydrogen) atoms. The van der Waals surface area contributed by atoms with E-state index in [9.17, 15) is 14.8 Å². The second kappa shape index (κ2) is 9.87. The van der Waals surface area contributed by atoms with Gasteiger partial charge in [0.15, 0.2) is 5.78 Å². The number of Topliss-reactive ketones (excluding diaryl/α,β-unsaturated/α-hetero) is 1. The smallest absolute Gasteiger partial charge is 0.207 e. The summed E-state index contributed by atoms with van der Waals surface area (Å²) in [6.07, 6.45) is 5.31. The summed E-state index contributed by atoms with van der Waals surface area (Å²) in [6.45, 7) is 4.18. The normalized spacial score (nSPS) is 14.6. The van der Waals surface area contributed by atoms with Crippen molar-refractivity contribution in [1.29, 1.82) is 0 Å². The summed E-state index contributed by atoms with van der Waals surface area (Å²) in [6, 6.07) is 13.1. The first-order chi connectivity index (χ1) is 14.6. The summed E-state index contributed by atoms with van der Waals surface area (Å²) in [5.74, 6) is 0.767. The van der Waals surface area contributed by atoms with E-state index in [4.69, 9.17) is 4.74 Å². The van der Waals surface area contributed by atoms with Crippen molar-refractivity contribution in [2.75, 3.05) is 6.61 Å². The third-order valence-corrected chi connectivity index (χ3v) is 5.15. The number of nitrogens with zero attached hydrogens (tertiary/aromatic N) is 1.